The number of hydrogen-bond donors (Lipinski definition) is 4. The Morgan fingerprint density at radius 1 is 1.13 bits per heavy atom. The molecule has 0 aliphatic heterocycles. The zero-order chi connectivity index (χ0) is 23.2. The van der Waals surface area contributed by atoms with E-state index in [0.29, 0.717) is 12.6 Å². The number of nitrogens with one attached hydrogen (secondary N) is 3. The van der Waals surface area contributed by atoms with E-state index in [2.05, 4.69) is 10.6 Å². The number of carbonyl (C=O) groups excluding carboxylic acids is 3. The molecule has 4 N–H and O–H groups in total. The molecule has 1 aromatic rings. The van der Waals surface area contributed by atoms with Crippen molar-refractivity contribution in [3.05, 3.63) is 29.8 Å². The summed E-state index contributed by atoms with van der Waals surface area (Å²) < 4.78 is 26.8. The van der Waals surface area contributed by atoms with E-state index < -0.39 is 40.9 Å². The zero-order valence-electron chi connectivity index (χ0n) is 18.0. The molecule has 1 saturated carbocycles. The molecule has 0 heterocycles. The van der Waals surface area contributed by atoms with Crippen LogP contribution >= 0.6 is 0 Å². The van der Waals surface area contributed by atoms with Gasteiger partial charge in [0.1, 0.15) is 24.2 Å². The lowest BCUT2D eigenvalue weighted by Crippen LogP contribution is -2.57. The molecule has 1 aliphatic rings. The summed E-state index contributed by atoms with van der Waals surface area (Å²) in [6.45, 7) is 5.22. The first-order valence-corrected chi connectivity index (χ1v) is 10.2. The third-order valence-corrected chi connectivity index (χ3v) is 5.23. The summed E-state index contributed by atoms with van der Waals surface area (Å²) in [7, 11) is 0. The highest BCUT2D eigenvalue weighted by Gasteiger charge is 2.37. The maximum atomic E-state index is 13.4. The number of carbonyl (C=O) groups is 3. The average Bonchev–Trinajstić information content (AvgIpc) is 3.16. The first-order valence-electron chi connectivity index (χ1n) is 10.2. The molecule has 0 aromatic heterocycles. The van der Waals surface area contributed by atoms with E-state index in [1.165, 1.54) is 10.4 Å². The summed E-state index contributed by atoms with van der Waals surface area (Å²) >= 11 is 0. The zero-order valence-corrected chi connectivity index (χ0v) is 18.0. The molecule has 2 rings (SSSR count). The number of urea groups is 1. The third-order valence-electron chi connectivity index (χ3n) is 5.23. The number of benzene rings is 1. The van der Waals surface area contributed by atoms with Crippen LogP contribution in [0.3, 0.4) is 0 Å². The highest BCUT2D eigenvalue weighted by Crippen LogP contribution is 2.27. The van der Waals surface area contributed by atoms with Gasteiger partial charge in [-0.15, -0.1) is 0 Å². The summed E-state index contributed by atoms with van der Waals surface area (Å²) in [6.07, 6.45) is 3.96. The molecule has 1 aromatic carbocycles. The molecule has 172 valence electrons. The van der Waals surface area contributed by atoms with E-state index in [-0.39, 0.29) is 18.2 Å². The Morgan fingerprint density at radius 2 is 1.71 bits per heavy atom. The monoisotopic (exact) mass is 440 g/mol. The second kappa shape index (κ2) is 10.5. The standard InChI is InChI=1S/C21H30F2N4O4/c1-21(2,3)18(25-20(30)24-16-9-14(22)8-15(23)10-16)19(29)27(12-17(28)26-31)11-13-6-4-5-7-13/h8-10,13,18,31H,4-7,11-12H2,1-3H3,(H,26,28)(H2,24,25,30)/t18-/m1/s1. The van der Waals surface area contributed by atoms with E-state index in [1.54, 1.807) is 20.8 Å². The number of halogens is 2. The highest BCUT2D eigenvalue weighted by molar-refractivity contribution is 5.95. The van der Waals surface area contributed by atoms with Gasteiger partial charge in [-0.25, -0.2) is 19.1 Å². The minimum Gasteiger partial charge on any atom is -0.331 e. The van der Waals surface area contributed by atoms with Crippen molar-refractivity contribution >= 4 is 23.5 Å². The van der Waals surface area contributed by atoms with Gasteiger partial charge in [-0.1, -0.05) is 33.6 Å². The van der Waals surface area contributed by atoms with Crippen molar-refractivity contribution in [2.45, 2.75) is 52.5 Å². The Balaban J connectivity index is 2.17. The molecule has 0 saturated heterocycles. The van der Waals surface area contributed by atoms with E-state index in [4.69, 9.17) is 5.21 Å². The van der Waals surface area contributed by atoms with Crippen LogP contribution < -0.4 is 16.1 Å². The van der Waals surface area contributed by atoms with Crippen LogP contribution in [0, 0.1) is 23.0 Å². The Bertz CT molecular complexity index is 787. The molecule has 31 heavy (non-hydrogen) atoms. The highest BCUT2D eigenvalue weighted by atomic mass is 19.1. The van der Waals surface area contributed by atoms with Crippen LogP contribution in [-0.4, -0.2) is 47.1 Å². The largest absolute Gasteiger partial charge is 0.331 e. The lowest BCUT2D eigenvalue weighted by atomic mass is 9.85. The van der Waals surface area contributed by atoms with Crippen molar-refractivity contribution in [1.82, 2.24) is 15.7 Å². The van der Waals surface area contributed by atoms with E-state index >= 15 is 0 Å². The fourth-order valence-electron chi connectivity index (χ4n) is 3.70. The molecular weight excluding hydrogens is 410 g/mol. The van der Waals surface area contributed by atoms with Crippen molar-refractivity contribution in [3.63, 3.8) is 0 Å². The summed E-state index contributed by atoms with van der Waals surface area (Å²) in [5.74, 6) is -2.68. The van der Waals surface area contributed by atoms with Gasteiger partial charge in [0.05, 0.1) is 0 Å². The minimum atomic E-state index is -1.03. The van der Waals surface area contributed by atoms with Crippen molar-refractivity contribution in [2.75, 3.05) is 18.4 Å². The van der Waals surface area contributed by atoms with Gasteiger partial charge < -0.3 is 15.5 Å². The Morgan fingerprint density at radius 3 is 2.23 bits per heavy atom. The molecular formula is C21H30F2N4O4. The number of amides is 4. The number of rotatable bonds is 7. The lowest BCUT2D eigenvalue weighted by Gasteiger charge is -2.35. The van der Waals surface area contributed by atoms with Crippen LogP contribution in [-0.2, 0) is 9.59 Å². The van der Waals surface area contributed by atoms with Gasteiger partial charge in [-0.05, 0) is 36.3 Å². The van der Waals surface area contributed by atoms with Crippen LogP contribution in [0.15, 0.2) is 18.2 Å². The summed E-state index contributed by atoms with van der Waals surface area (Å²) in [4.78, 5) is 38.9. The van der Waals surface area contributed by atoms with Crippen LogP contribution in [0.5, 0.6) is 0 Å². The molecule has 8 nitrogen and oxygen atoms in total. The smallest absolute Gasteiger partial charge is 0.319 e. The fraction of sp³-hybridized carbons (Fsp3) is 0.571. The minimum absolute atomic E-state index is 0.0995. The van der Waals surface area contributed by atoms with Gasteiger partial charge in [0.15, 0.2) is 0 Å². The Hall–Kier alpha value is -2.75. The van der Waals surface area contributed by atoms with Gasteiger partial charge in [0.2, 0.25) is 5.91 Å². The summed E-state index contributed by atoms with van der Waals surface area (Å²) in [5, 5.41) is 13.8. The predicted molar refractivity (Wildman–Crippen MR) is 110 cm³/mol. The summed E-state index contributed by atoms with van der Waals surface area (Å²) in [5.41, 5.74) is 0.703. The second-order valence-corrected chi connectivity index (χ2v) is 8.96. The fourth-order valence-corrected chi connectivity index (χ4v) is 3.70. The number of hydrogen-bond acceptors (Lipinski definition) is 4. The van der Waals surface area contributed by atoms with Crippen LogP contribution in [0.1, 0.15) is 46.5 Å². The van der Waals surface area contributed by atoms with Crippen LogP contribution in [0.2, 0.25) is 0 Å². The molecule has 0 unspecified atom stereocenters. The molecule has 10 heteroatoms. The number of nitrogens with zero attached hydrogens (tertiary/aromatic N) is 1. The number of anilines is 1. The topological polar surface area (TPSA) is 111 Å². The first-order chi connectivity index (χ1) is 14.5. The normalized spacial score (nSPS) is 15.3. The van der Waals surface area contributed by atoms with E-state index in [1.807, 2.05) is 0 Å². The van der Waals surface area contributed by atoms with E-state index in [0.717, 1.165) is 37.8 Å². The first kappa shape index (κ1) is 24.5. The second-order valence-electron chi connectivity index (χ2n) is 8.96. The Labute approximate surface area is 180 Å². The molecule has 0 radical (unpaired) electrons. The quantitative estimate of drug-likeness (QED) is 0.386. The van der Waals surface area contributed by atoms with Gasteiger partial charge in [0.25, 0.3) is 5.91 Å². The summed E-state index contributed by atoms with van der Waals surface area (Å²) in [6, 6.07) is 0.741. The van der Waals surface area contributed by atoms with Gasteiger partial charge >= 0.3 is 6.03 Å². The molecule has 1 fully saturated rings. The van der Waals surface area contributed by atoms with Crippen molar-refractivity contribution in [1.29, 1.82) is 0 Å². The molecule has 4 amide bonds. The van der Waals surface area contributed by atoms with E-state index in [9.17, 15) is 23.2 Å². The Kier molecular flexibility index (Phi) is 8.32. The SMILES string of the molecule is CC(C)(C)[C@H](NC(=O)Nc1cc(F)cc(F)c1)C(=O)N(CC(=O)NO)CC1CCCC1. The molecule has 1 aliphatic carbocycles. The molecule has 1 atom stereocenters. The van der Waals surface area contributed by atoms with Crippen molar-refractivity contribution in [3.8, 4) is 0 Å². The van der Waals surface area contributed by atoms with Gasteiger partial charge in [0, 0.05) is 18.3 Å². The van der Waals surface area contributed by atoms with Crippen molar-refractivity contribution < 1.29 is 28.4 Å². The van der Waals surface area contributed by atoms with Crippen molar-refractivity contribution in [2.24, 2.45) is 11.3 Å². The molecule has 0 bridgehead atoms. The maximum Gasteiger partial charge on any atom is 0.319 e. The van der Waals surface area contributed by atoms with Crippen LogP contribution in [0.4, 0.5) is 19.3 Å². The third kappa shape index (κ3) is 7.46. The number of hydroxylamine groups is 1. The maximum absolute atomic E-state index is 13.4. The lowest BCUT2D eigenvalue weighted by molar-refractivity contribution is -0.142. The average molecular weight is 440 g/mol. The van der Waals surface area contributed by atoms with Gasteiger partial charge in [-0.2, -0.15) is 0 Å². The predicted octanol–water partition coefficient (Wildman–Crippen LogP) is 3.03. The van der Waals surface area contributed by atoms with Crippen LogP contribution in [0.25, 0.3) is 0 Å². The van der Waals surface area contributed by atoms with Gasteiger partial charge in [-0.3, -0.25) is 14.8 Å². The molecule has 0 spiro atoms.